The first kappa shape index (κ1) is 26.5. The molecule has 0 aliphatic rings. The van der Waals surface area contributed by atoms with Gasteiger partial charge < -0.3 is 30.0 Å². The molecule has 0 spiro atoms. The number of phenolic OH excluding ortho intramolecular Hbond substituents is 1. The molecule has 0 aliphatic carbocycles. The molecular weight excluding hydrogens is 523 g/mol. The number of hydrogen-bond donors (Lipinski definition) is 3. The SMILES string of the molecule is CCNC(=NCc1cccc(OCC)c1OC(F)F)NCc1cccc(OC)c1O.I. The van der Waals surface area contributed by atoms with Crippen molar-refractivity contribution < 1.29 is 28.1 Å². The van der Waals surface area contributed by atoms with Crippen molar-refractivity contribution in [2.45, 2.75) is 33.5 Å². The normalized spacial score (nSPS) is 11.0. The van der Waals surface area contributed by atoms with Crippen LogP contribution in [0.1, 0.15) is 25.0 Å². The van der Waals surface area contributed by atoms with Gasteiger partial charge in [-0.1, -0.05) is 24.3 Å². The van der Waals surface area contributed by atoms with Crippen LogP contribution in [0.3, 0.4) is 0 Å². The summed E-state index contributed by atoms with van der Waals surface area (Å²) in [5.41, 5.74) is 1.09. The number of nitrogens with one attached hydrogen (secondary N) is 2. The van der Waals surface area contributed by atoms with E-state index in [1.807, 2.05) is 6.92 Å². The summed E-state index contributed by atoms with van der Waals surface area (Å²) >= 11 is 0. The summed E-state index contributed by atoms with van der Waals surface area (Å²) in [6.07, 6.45) is 0. The van der Waals surface area contributed by atoms with E-state index in [0.29, 0.717) is 36.0 Å². The van der Waals surface area contributed by atoms with Crippen molar-refractivity contribution in [3.05, 3.63) is 47.5 Å². The molecule has 0 heterocycles. The number of guanidine groups is 1. The van der Waals surface area contributed by atoms with Crippen molar-refractivity contribution in [3.8, 4) is 23.0 Å². The number of benzene rings is 2. The van der Waals surface area contributed by atoms with Crippen LogP contribution in [0.5, 0.6) is 23.0 Å². The van der Waals surface area contributed by atoms with E-state index >= 15 is 0 Å². The van der Waals surface area contributed by atoms with Gasteiger partial charge in [0.15, 0.2) is 29.0 Å². The molecule has 0 atom stereocenters. The number of phenols is 1. The van der Waals surface area contributed by atoms with E-state index in [9.17, 15) is 13.9 Å². The Balaban J connectivity index is 0.00000480. The molecule has 0 unspecified atom stereocenters. The second-order valence-electron chi connectivity index (χ2n) is 6.07. The summed E-state index contributed by atoms with van der Waals surface area (Å²) < 4.78 is 40.9. The Morgan fingerprint density at radius 3 is 2.35 bits per heavy atom. The lowest BCUT2D eigenvalue weighted by atomic mass is 10.2. The maximum absolute atomic E-state index is 12.9. The second kappa shape index (κ2) is 13.7. The summed E-state index contributed by atoms with van der Waals surface area (Å²) in [5.74, 6) is 1.08. The molecule has 0 radical (unpaired) electrons. The molecule has 2 aromatic rings. The Kier molecular flexibility index (Phi) is 11.8. The Hall–Kier alpha value is -2.50. The smallest absolute Gasteiger partial charge is 0.387 e. The topological polar surface area (TPSA) is 84.3 Å². The van der Waals surface area contributed by atoms with Gasteiger partial charge in [0.05, 0.1) is 20.3 Å². The number of halogens is 3. The molecule has 0 saturated heterocycles. The first-order valence-corrected chi connectivity index (χ1v) is 9.56. The number of aliphatic imine (C=N–C) groups is 1. The largest absolute Gasteiger partial charge is 0.504 e. The van der Waals surface area contributed by atoms with Crippen molar-refractivity contribution in [2.24, 2.45) is 4.99 Å². The van der Waals surface area contributed by atoms with Crippen LogP contribution in [0.2, 0.25) is 0 Å². The zero-order valence-electron chi connectivity index (χ0n) is 17.7. The average molecular weight is 551 g/mol. The molecule has 0 aliphatic heterocycles. The van der Waals surface area contributed by atoms with E-state index in [4.69, 9.17) is 9.47 Å². The van der Waals surface area contributed by atoms with Crippen LogP contribution >= 0.6 is 24.0 Å². The number of ether oxygens (including phenoxy) is 3. The van der Waals surface area contributed by atoms with E-state index in [0.717, 1.165) is 0 Å². The van der Waals surface area contributed by atoms with Crippen LogP contribution in [0.25, 0.3) is 0 Å². The third-order valence-electron chi connectivity index (χ3n) is 4.07. The molecule has 0 fully saturated rings. The molecule has 172 valence electrons. The zero-order chi connectivity index (χ0) is 21.9. The zero-order valence-corrected chi connectivity index (χ0v) is 20.0. The Bertz CT molecular complexity index is 853. The van der Waals surface area contributed by atoms with Crippen LogP contribution in [-0.2, 0) is 13.1 Å². The van der Waals surface area contributed by atoms with Gasteiger partial charge in [-0.3, -0.25) is 0 Å². The molecular formula is C21H28F2IN3O4. The van der Waals surface area contributed by atoms with Gasteiger partial charge in [-0.2, -0.15) is 8.78 Å². The van der Waals surface area contributed by atoms with Gasteiger partial charge in [0, 0.05) is 24.2 Å². The fourth-order valence-electron chi connectivity index (χ4n) is 2.74. The molecule has 3 N–H and O–H groups in total. The molecule has 2 aromatic carbocycles. The van der Waals surface area contributed by atoms with Gasteiger partial charge in [-0.05, 0) is 26.0 Å². The van der Waals surface area contributed by atoms with E-state index in [-0.39, 0.29) is 54.3 Å². The van der Waals surface area contributed by atoms with Crippen LogP contribution in [0, 0.1) is 0 Å². The maximum Gasteiger partial charge on any atom is 0.387 e. The van der Waals surface area contributed by atoms with Crippen molar-refractivity contribution >= 4 is 29.9 Å². The number of methoxy groups -OCH3 is 1. The predicted octanol–water partition coefficient (Wildman–Crippen LogP) is 4.27. The third kappa shape index (κ3) is 7.93. The van der Waals surface area contributed by atoms with E-state index in [2.05, 4.69) is 20.4 Å². The minimum absolute atomic E-state index is 0. The standard InChI is InChI=1S/C21H27F2N3O4.HI/c1-4-24-21(25-12-14-8-6-10-16(28-3)18(14)27)26-13-15-9-7-11-17(29-5-2)19(15)30-20(22)23;/h6-11,20,27H,4-5,12-13H2,1-3H3,(H2,24,25,26);1H. The molecule has 0 bridgehead atoms. The van der Waals surface area contributed by atoms with Gasteiger partial charge >= 0.3 is 6.61 Å². The monoisotopic (exact) mass is 551 g/mol. The third-order valence-corrected chi connectivity index (χ3v) is 4.07. The van der Waals surface area contributed by atoms with E-state index in [1.165, 1.54) is 7.11 Å². The number of nitrogens with zero attached hydrogens (tertiary/aromatic N) is 1. The van der Waals surface area contributed by atoms with Crippen molar-refractivity contribution in [1.82, 2.24) is 10.6 Å². The minimum Gasteiger partial charge on any atom is -0.504 e. The van der Waals surface area contributed by atoms with Gasteiger partial charge in [0.1, 0.15) is 0 Å². The fourth-order valence-corrected chi connectivity index (χ4v) is 2.74. The maximum atomic E-state index is 12.9. The lowest BCUT2D eigenvalue weighted by Gasteiger charge is -2.16. The Morgan fingerprint density at radius 2 is 1.74 bits per heavy atom. The highest BCUT2D eigenvalue weighted by Gasteiger charge is 2.16. The summed E-state index contributed by atoms with van der Waals surface area (Å²) in [6.45, 7) is 1.98. The molecule has 10 heteroatoms. The summed E-state index contributed by atoms with van der Waals surface area (Å²) in [5, 5.41) is 16.4. The second-order valence-corrected chi connectivity index (χ2v) is 6.07. The number of para-hydroxylation sites is 2. The van der Waals surface area contributed by atoms with Crippen LogP contribution < -0.4 is 24.8 Å². The molecule has 2 rings (SSSR count). The highest BCUT2D eigenvalue weighted by molar-refractivity contribution is 14.0. The van der Waals surface area contributed by atoms with E-state index < -0.39 is 6.61 Å². The van der Waals surface area contributed by atoms with Crippen LogP contribution in [0.15, 0.2) is 41.4 Å². The predicted molar refractivity (Wildman–Crippen MR) is 126 cm³/mol. The number of rotatable bonds is 10. The highest BCUT2D eigenvalue weighted by Crippen LogP contribution is 2.33. The first-order chi connectivity index (χ1) is 14.5. The summed E-state index contributed by atoms with van der Waals surface area (Å²) in [7, 11) is 1.48. The van der Waals surface area contributed by atoms with Gasteiger partial charge in [-0.15, -0.1) is 24.0 Å². The summed E-state index contributed by atoms with van der Waals surface area (Å²) in [4.78, 5) is 4.44. The first-order valence-electron chi connectivity index (χ1n) is 9.56. The number of aromatic hydroxyl groups is 1. The lowest BCUT2D eigenvalue weighted by molar-refractivity contribution is -0.0520. The highest BCUT2D eigenvalue weighted by atomic mass is 127. The molecule has 7 nitrogen and oxygen atoms in total. The molecule has 31 heavy (non-hydrogen) atoms. The number of alkyl halides is 2. The van der Waals surface area contributed by atoms with Gasteiger partial charge in [0.25, 0.3) is 0 Å². The summed E-state index contributed by atoms with van der Waals surface area (Å²) in [6, 6.07) is 10.1. The van der Waals surface area contributed by atoms with Crippen LogP contribution in [0.4, 0.5) is 8.78 Å². The number of hydrogen-bond acceptors (Lipinski definition) is 5. The molecule has 0 saturated carbocycles. The minimum atomic E-state index is -2.98. The Morgan fingerprint density at radius 1 is 1.06 bits per heavy atom. The average Bonchev–Trinajstić information content (AvgIpc) is 2.72. The lowest BCUT2D eigenvalue weighted by Crippen LogP contribution is -2.36. The molecule has 0 amide bonds. The molecule has 0 aromatic heterocycles. The van der Waals surface area contributed by atoms with Crippen molar-refractivity contribution in [3.63, 3.8) is 0 Å². The van der Waals surface area contributed by atoms with Crippen molar-refractivity contribution in [2.75, 3.05) is 20.3 Å². The van der Waals surface area contributed by atoms with E-state index in [1.54, 1.807) is 43.3 Å². The van der Waals surface area contributed by atoms with Gasteiger partial charge in [-0.25, -0.2) is 4.99 Å². The Labute approximate surface area is 197 Å². The fraction of sp³-hybridized carbons (Fsp3) is 0.381. The van der Waals surface area contributed by atoms with Crippen molar-refractivity contribution in [1.29, 1.82) is 0 Å². The quantitative estimate of drug-likeness (QED) is 0.233. The van der Waals surface area contributed by atoms with Crippen LogP contribution in [-0.4, -0.2) is 37.9 Å². The van der Waals surface area contributed by atoms with Gasteiger partial charge in [0.2, 0.25) is 0 Å².